The number of anilines is 1. The van der Waals surface area contributed by atoms with Crippen LogP contribution in [0.1, 0.15) is 18.1 Å². The lowest BCUT2D eigenvalue weighted by molar-refractivity contribution is 0.628. The molecule has 0 heterocycles. The van der Waals surface area contributed by atoms with E-state index in [-0.39, 0.29) is 5.82 Å². The summed E-state index contributed by atoms with van der Waals surface area (Å²) in [7, 11) is 0. The van der Waals surface area contributed by atoms with Gasteiger partial charge in [-0.3, -0.25) is 0 Å². The van der Waals surface area contributed by atoms with Crippen molar-refractivity contribution in [3.8, 4) is 0 Å². The summed E-state index contributed by atoms with van der Waals surface area (Å²) in [5, 5.41) is 3.56. The van der Waals surface area contributed by atoms with Crippen LogP contribution >= 0.6 is 11.6 Å². The minimum absolute atomic E-state index is 0.327. The van der Waals surface area contributed by atoms with Gasteiger partial charge in [0.15, 0.2) is 0 Å². The summed E-state index contributed by atoms with van der Waals surface area (Å²) in [4.78, 5) is 0. The maximum absolute atomic E-state index is 13.1. The molecule has 0 saturated heterocycles. The van der Waals surface area contributed by atoms with Crippen LogP contribution in [0.25, 0.3) is 0 Å². The van der Waals surface area contributed by atoms with Crippen LogP contribution in [0.15, 0.2) is 42.5 Å². The van der Waals surface area contributed by atoms with Crippen molar-refractivity contribution in [1.29, 1.82) is 0 Å². The van der Waals surface area contributed by atoms with Crippen LogP contribution in [0, 0.1) is 5.82 Å². The Hall–Kier alpha value is -1.54. The minimum atomic E-state index is -0.327. The lowest BCUT2D eigenvalue weighted by Gasteiger charge is -2.08. The number of hydrogen-bond donors (Lipinski definition) is 1. The lowest BCUT2D eigenvalue weighted by Crippen LogP contribution is -1.99. The third kappa shape index (κ3) is 3.47. The van der Waals surface area contributed by atoms with Gasteiger partial charge in [0, 0.05) is 17.3 Å². The average Bonchev–Trinajstić information content (AvgIpc) is 2.36. The second kappa shape index (κ2) is 5.87. The summed E-state index contributed by atoms with van der Waals surface area (Å²) >= 11 is 5.79. The molecule has 94 valence electrons. The van der Waals surface area contributed by atoms with E-state index in [1.165, 1.54) is 17.7 Å². The van der Waals surface area contributed by atoms with Gasteiger partial charge in [-0.2, -0.15) is 0 Å². The van der Waals surface area contributed by atoms with Gasteiger partial charge in [0.25, 0.3) is 0 Å². The molecule has 1 N–H and O–H groups in total. The van der Waals surface area contributed by atoms with Crippen molar-refractivity contribution in [3.05, 3.63) is 64.4 Å². The van der Waals surface area contributed by atoms with Crippen molar-refractivity contribution < 1.29 is 4.39 Å². The molecule has 0 aliphatic carbocycles. The van der Waals surface area contributed by atoms with Crippen LogP contribution in [-0.2, 0) is 13.0 Å². The van der Waals surface area contributed by atoms with Gasteiger partial charge < -0.3 is 5.32 Å². The predicted octanol–water partition coefficient (Wildman–Crippen LogP) is 4.65. The largest absolute Gasteiger partial charge is 0.381 e. The molecule has 18 heavy (non-hydrogen) atoms. The van der Waals surface area contributed by atoms with E-state index in [4.69, 9.17) is 11.6 Å². The standard InChI is InChI=1S/C15H15ClFN/c1-2-11-3-5-12(6-4-11)10-18-15-8-13(16)7-14(17)9-15/h3-9,18H,2,10H2,1H3. The molecule has 0 spiro atoms. The molecule has 0 atom stereocenters. The summed E-state index contributed by atoms with van der Waals surface area (Å²) in [5.74, 6) is -0.327. The number of benzene rings is 2. The number of rotatable bonds is 4. The molecular formula is C15H15ClFN. The van der Waals surface area contributed by atoms with E-state index in [1.807, 2.05) is 0 Å². The highest BCUT2D eigenvalue weighted by Crippen LogP contribution is 2.18. The van der Waals surface area contributed by atoms with E-state index in [0.717, 1.165) is 12.0 Å². The fraction of sp³-hybridized carbons (Fsp3) is 0.200. The zero-order chi connectivity index (χ0) is 13.0. The second-order valence-corrected chi connectivity index (χ2v) is 4.62. The Labute approximate surface area is 112 Å². The van der Waals surface area contributed by atoms with E-state index in [0.29, 0.717) is 17.3 Å². The number of halogens is 2. The molecular weight excluding hydrogens is 249 g/mol. The molecule has 2 aromatic carbocycles. The second-order valence-electron chi connectivity index (χ2n) is 4.18. The van der Waals surface area contributed by atoms with Crippen molar-refractivity contribution in [2.75, 3.05) is 5.32 Å². The van der Waals surface area contributed by atoms with Gasteiger partial charge in [-0.1, -0.05) is 42.8 Å². The molecule has 0 aliphatic heterocycles. The summed E-state index contributed by atoms with van der Waals surface area (Å²) in [6.45, 7) is 2.78. The van der Waals surface area contributed by atoms with Crippen LogP contribution < -0.4 is 5.32 Å². The van der Waals surface area contributed by atoms with Crippen molar-refractivity contribution >= 4 is 17.3 Å². The third-order valence-corrected chi connectivity index (χ3v) is 3.01. The van der Waals surface area contributed by atoms with Gasteiger partial charge >= 0.3 is 0 Å². The SMILES string of the molecule is CCc1ccc(CNc2cc(F)cc(Cl)c2)cc1. The Bertz CT molecular complexity index is 502. The maximum atomic E-state index is 13.1. The molecule has 0 unspecified atom stereocenters. The monoisotopic (exact) mass is 263 g/mol. The first-order chi connectivity index (χ1) is 8.67. The molecule has 0 aromatic heterocycles. The molecule has 1 nitrogen and oxygen atoms in total. The molecule has 0 aliphatic rings. The van der Waals surface area contributed by atoms with Crippen molar-refractivity contribution in [1.82, 2.24) is 0 Å². The van der Waals surface area contributed by atoms with Crippen LogP contribution in [0.5, 0.6) is 0 Å². The maximum Gasteiger partial charge on any atom is 0.126 e. The molecule has 0 fully saturated rings. The van der Waals surface area contributed by atoms with Crippen LogP contribution in [0.4, 0.5) is 10.1 Å². The van der Waals surface area contributed by atoms with Gasteiger partial charge in [0.05, 0.1) is 0 Å². The van der Waals surface area contributed by atoms with Gasteiger partial charge in [-0.05, 0) is 35.7 Å². The van der Waals surface area contributed by atoms with Crippen molar-refractivity contribution in [2.45, 2.75) is 19.9 Å². The zero-order valence-electron chi connectivity index (χ0n) is 10.2. The van der Waals surface area contributed by atoms with E-state index >= 15 is 0 Å². The first-order valence-corrected chi connectivity index (χ1v) is 6.33. The van der Waals surface area contributed by atoms with Gasteiger partial charge in [0.1, 0.15) is 5.82 Å². The first-order valence-electron chi connectivity index (χ1n) is 5.95. The molecule has 0 bridgehead atoms. The Morgan fingerprint density at radius 2 is 1.72 bits per heavy atom. The van der Waals surface area contributed by atoms with Crippen molar-refractivity contribution in [2.24, 2.45) is 0 Å². The Balaban J connectivity index is 2.01. The summed E-state index contributed by atoms with van der Waals surface area (Å²) < 4.78 is 13.1. The van der Waals surface area contributed by atoms with E-state index in [1.54, 1.807) is 6.07 Å². The highest BCUT2D eigenvalue weighted by Gasteiger charge is 1.99. The topological polar surface area (TPSA) is 12.0 Å². The van der Waals surface area contributed by atoms with Gasteiger partial charge in [-0.15, -0.1) is 0 Å². The number of nitrogens with one attached hydrogen (secondary N) is 1. The highest BCUT2D eigenvalue weighted by molar-refractivity contribution is 6.30. The highest BCUT2D eigenvalue weighted by atomic mass is 35.5. The van der Waals surface area contributed by atoms with Crippen LogP contribution in [0.3, 0.4) is 0 Å². The van der Waals surface area contributed by atoms with E-state index in [2.05, 4.69) is 36.5 Å². The minimum Gasteiger partial charge on any atom is -0.381 e. The fourth-order valence-electron chi connectivity index (χ4n) is 1.75. The zero-order valence-corrected chi connectivity index (χ0v) is 11.0. The normalized spacial score (nSPS) is 10.4. The third-order valence-electron chi connectivity index (χ3n) is 2.79. The summed E-state index contributed by atoms with van der Waals surface area (Å²) in [5.41, 5.74) is 3.17. The molecule has 0 amide bonds. The summed E-state index contributed by atoms with van der Waals surface area (Å²) in [6.07, 6.45) is 1.03. The predicted molar refractivity (Wildman–Crippen MR) is 74.6 cm³/mol. The number of hydrogen-bond acceptors (Lipinski definition) is 1. The molecule has 2 rings (SSSR count). The fourth-order valence-corrected chi connectivity index (χ4v) is 1.97. The molecule has 2 aromatic rings. The van der Waals surface area contributed by atoms with Gasteiger partial charge in [0.2, 0.25) is 0 Å². The Morgan fingerprint density at radius 1 is 1.06 bits per heavy atom. The lowest BCUT2D eigenvalue weighted by atomic mass is 10.1. The molecule has 3 heteroatoms. The molecule has 0 radical (unpaired) electrons. The van der Waals surface area contributed by atoms with E-state index < -0.39 is 0 Å². The molecule has 0 saturated carbocycles. The van der Waals surface area contributed by atoms with Crippen LogP contribution in [0.2, 0.25) is 5.02 Å². The smallest absolute Gasteiger partial charge is 0.126 e. The van der Waals surface area contributed by atoms with Gasteiger partial charge in [-0.25, -0.2) is 4.39 Å². The Morgan fingerprint density at radius 3 is 2.33 bits per heavy atom. The van der Waals surface area contributed by atoms with E-state index in [9.17, 15) is 4.39 Å². The average molecular weight is 264 g/mol. The summed E-state index contributed by atoms with van der Waals surface area (Å²) in [6, 6.07) is 12.8. The quantitative estimate of drug-likeness (QED) is 0.846. The Kier molecular flexibility index (Phi) is 4.21. The van der Waals surface area contributed by atoms with Crippen LogP contribution in [-0.4, -0.2) is 0 Å². The van der Waals surface area contributed by atoms with Crippen molar-refractivity contribution in [3.63, 3.8) is 0 Å². The number of aryl methyl sites for hydroxylation is 1. The first kappa shape index (κ1) is 12.9.